The van der Waals surface area contributed by atoms with Crippen LogP contribution in [0, 0.1) is 5.41 Å². The van der Waals surface area contributed by atoms with Crippen LogP contribution >= 0.6 is 0 Å². The summed E-state index contributed by atoms with van der Waals surface area (Å²) in [6.07, 6.45) is 0.919. The largest absolute Gasteiger partial charge is 0.497 e. The summed E-state index contributed by atoms with van der Waals surface area (Å²) in [5.41, 5.74) is 0.488. The van der Waals surface area contributed by atoms with Gasteiger partial charge in [-0.25, -0.2) is 0 Å². The fourth-order valence-electron chi connectivity index (χ4n) is 2.93. The molecule has 2 aromatic rings. The van der Waals surface area contributed by atoms with Gasteiger partial charge in [0.15, 0.2) is 0 Å². The molecule has 0 aromatic heterocycles. The molecule has 1 fully saturated rings. The maximum Gasteiger partial charge on any atom is 0.240 e. The molecule has 1 aliphatic carbocycles. The van der Waals surface area contributed by atoms with E-state index < -0.39 is 11.3 Å². The first-order chi connectivity index (χ1) is 13.9. The van der Waals surface area contributed by atoms with Crippen LogP contribution in [0.1, 0.15) is 19.8 Å². The molecule has 0 unspecified atom stereocenters. The number of rotatable bonds is 7. The molecule has 2 aromatic carbocycles. The average molecular weight is 397 g/mol. The summed E-state index contributed by atoms with van der Waals surface area (Å²) in [7, 11) is 3.03. The molecule has 8 heteroatoms. The summed E-state index contributed by atoms with van der Waals surface area (Å²) in [6.45, 7) is 1.42. The second-order valence-electron chi connectivity index (χ2n) is 6.82. The molecule has 0 saturated heterocycles. The standard InChI is InChI=1S/C21H23N3O5/c1-13(25)22-14-4-6-15(7-5-14)23-19(26)21(10-11-21)20(27)24-17-12-16(28-2)8-9-18(17)29-3/h4-9,12H,10-11H2,1-3H3,(H,22,25)(H,23,26)(H,24,27). The maximum atomic E-state index is 12.9. The van der Waals surface area contributed by atoms with E-state index in [-0.39, 0.29) is 11.8 Å². The van der Waals surface area contributed by atoms with E-state index in [4.69, 9.17) is 9.47 Å². The molecule has 8 nitrogen and oxygen atoms in total. The summed E-state index contributed by atoms with van der Waals surface area (Å²) in [5.74, 6) is 0.0995. The molecule has 1 aliphatic rings. The predicted octanol–water partition coefficient (Wildman–Crippen LogP) is 3.02. The monoisotopic (exact) mass is 397 g/mol. The highest BCUT2D eigenvalue weighted by molar-refractivity contribution is 6.17. The minimum absolute atomic E-state index is 0.177. The first-order valence-electron chi connectivity index (χ1n) is 9.10. The van der Waals surface area contributed by atoms with E-state index in [1.165, 1.54) is 21.1 Å². The number of anilines is 3. The molecule has 152 valence electrons. The second-order valence-corrected chi connectivity index (χ2v) is 6.82. The third-order valence-corrected chi connectivity index (χ3v) is 4.74. The lowest BCUT2D eigenvalue weighted by Crippen LogP contribution is -2.35. The van der Waals surface area contributed by atoms with Gasteiger partial charge in [0.25, 0.3) is 0 Å². The van der Waals surface area contributed by atoms with E-state index in [9.17, 15) is 14.4 Å². The summed E-state index contributed by atoms with van der Waals surface area (Å²) in [5, 5.41) is 8.21. The average Bonchev–Trinajstić information content (AvgIpc) is 3.51. The van der Waals surface area contributed by atoms with Crippen LogP contribution in [0.2, 0.25) is 0 Å². The van der Waals surface area contributed by atoms with Crippen molar-refractivity contribution >= 4 is 34.8 Å². The first-order valence-corrected chi connectivity index (χ1v) is 9.10. The molecule has 0 atom stereocenters. The zero-order chi connectivity index (χ0) is 21.0. The molecule has 0 aliphatic heterocycles. The molecule has 0 bridgehead atoms. The van der Waals surface area contributed by atoms with Crippen molar-refractivity contribution in [3.05, 3.63) is 42.5 Å². The molecular formula is C21H23N3O5. The number of hydrogen-bond acceptors (Lipinski definition) is 5. The van der Waals surface area contributed by atoms with Gasteiger partial charge in [0.05, 0.1) is 19.9 Å². The minimum Gasteiger partial charge on any atom is -0.497 e. The Morgan fingerprint density at radius 3 is 1.93 bits per heavy atom. The van der Waals surface area contributed by atoms with Crippen LogP contribution in [0.4, 0.5) is 17.1 Å². The highest BCUT2D eigenvalue weighted by Crippen LogP contribution is 2.48. The third-order valence-electron chi connectivity index (χ3n) is 4.74. The Kier molecular flexibility index (Phi) is 5.72. The Labute approximate surface area is 168 Å². The van der Waals surface area contributed by atoms with Gasteiger partial charge in [-0.1, -0.05) is 0 Å². The van der Waals surface area contributed by atoms with Crippen molar-refractivity contribution < 1.29 is 23.9 Å². The molecule has 0 spiro atoms. The van der Waals surface area contributed by atoms with Gasteiger partial charge in [-0.05, 0) is 49.2 Å². The Morgan fingerprint density at radius 2 is 1.41 bits per heavy atom. The van der Waals surface area contributed by atoms with Gasteiger partial charge in [0.2, 0.25) is 17.7 Å². The van der Waals surface area contributed by atoms with E-state index >= 15 is 0 Å². The van der Waals surface area contributed by atoms with Crippen LogP contribution in [0.15, 0.2) is 42.5 Å². The Balaban J connectivity index is 1.70. The van der Waals surface area contributed by atoms with Crippen molar-refractivity contribution in [3.63, 3.8) is 0 Å². The van der Waals surface area contributed by atoms with Gasteiger partial charge in [-0.15, -0.1) is 0 Å². The Morgan fingerprint density at radius 1 is 0.828 bits per heavy atom. The SMILES string of the molecule is COc1ccc(OC)c(NC(=O)C2(C(=O)Nc3ccc(NC(C)=O)cc3)CC2)c1. The number of nitrogens with one attached hydrogen (secondary N) is 3. The molecular weight excluding hydrogens is 374 g/mol. The number of carbonyl (C=O) groups is 3. The summed E-state index contributed by atoms with van der Waals surface area (Å²) >= 11 is 0. The molecule has 0 radical (unpaired) electrons. The lowest BCUT2D eigenvalue weighted by molar-refractivity contribution is -0.131. The van der Waals surface area contributed by atoms with Gasteiger partial charge >= 0.3 is 0 Å². The van der Waals surface area contributed by atoms with E-state index in [0.29, 0.717) is 41.4 Å². The van der Waals surface area contributed by atoms with Crippen LogP contribution in [-0.4, -0.2) is 31.9 Å². The lowest BCUT2D eigenvalue weighted by atomic mass is 10.0. The quantitative estimate of drug-likeness (QED) is 0.623. The van der Waals surface area contributed by atoms with Crippen LogP contribution < -0.4 is 25.4 Å². The fraction of sp³-hybridized carbons (Fsp3) is 0.286. The maximum absolute atomic E-state index is 12.9. The number of methoxy groups -OCH3 is 2. The van der Waals surface area contributed by atoms with Gasteiger partial charge in [-0.3, -0.25) is 14.4 Å². The van der Waals surface area contributed by atoms with E-state index in [1.807, 2.05) is 0 Å². The van der Waals surface area contributed by atoms with E-state index in [1.54, 1.807) is 42.5 Å². The fourth-order valence-corrected chi connectivity index (χ4v) is 2.93. The zero-order valence-electron chi connectivity index (χ0n) is 16.5. The van der Waals surface area contributed by atoms with Crippen molar-refractivity contribution in [1.29, 1.82) is 0 Å². The summed E-state index contributed by atoms with van der Waals surface area (Å²) in [4.78, 5) is 36.7. The molecule has 3 N–H and O–H groups in total. The zero-order valence-corrected chi connectivity index (χ0v) is 16.5. The normalized spacial score (nSPS) is 13.8. The van der Waals surface area contributed by atoms with Crippen molar-refractivity contribution in [2.75, 3.05) is 30.2 Å². The highest BCUT2D eigenvalue weighted by atomic mass is 16.5. The molecule has 29 heavy (non-hydrogen) atoms. The van der Waals surface area contributed by atoms with Gasteiger partial charge in [-0.2, -0.15) is 0 Å². The molecule has 0 heterocycles. The van der Waals surface area contributed by atoms with Gasteiger partial charge in [0, 0.05) is 24.4 Å². The summed E-state index contributed by atoms with van der Waals surface area (Å²) in [6, 6.07) is 11.7. The number of carbonyl (C=O) groups excluding carboxylic acids is 3. The topological polar surface area (TPSA) is 106 Å². The molecule has 3 rings (SSSR count). The van der Waals surface area contributed by atoms with E-state index in [2.05, 4.69) is 16.0 Å². The first kappa shape index (κ1) is 20.2. The van der Waals surface area contributed by atoms with Gasteiger partial charge < -0.3 is 25.4 Å². The van der Waals surface area contributed by atoms with Crippen molar-refractivity contribution in [2.45, 2.75) is 19.8 Å². The lowest BCUT2D eigenvalue weighted by Gasteiger charge is -2.17. The minimum atomic E-state index is -1.12. The number of benzene rings is 2. The number of hydrogen-bond donors (Lipinski definition) is 3. The predicted molar refractivity (Wildman–Crippen MR) is 109 cm³/mol. The molecule has 1 saturated carbocycles. The number of ether oxygens (including phenoxy) is 2. The van der Waals surface area contributed by atoms with Crippen molar-refractivity contribution in [2.24, 2.45) is 5.41 Å². The van der Waals surface area contributed by atoms with Crippen molar-refractivity contribution in [3.8, 4) is 11.5 Å². The van der Waals surface area contributed by atoms with Crippen molar-refractivity contribution in [1.82, 2.24) is 0 Å². The molecule has 3 amide bonds. The van der Waals surface area contributed by atoms with Crippen LogP contribution in [0.25, 0.3) is 0 Å². The number of amides is 3. The Bertz CT molecular complexity index is 936. The second kappa shape index (κ2) is 8.22. The highest BCUT2D eigenvalue weighted by Gasteiger charge is 2.56. The van der Waals surface area contributed by atoms with Crippen LogP contribution in [0.3, 0.4) is 0 Å². The van der Waals surface area contributed by atoms with E-state index in [0.717, 1.165) is 0 Å². The van der Waals surface area contributed by atoms with Crippen LogP contribution in [-0.2, 0) is 14.4 Å². The Hall–Kier alpha value is -3.55. The van der Waals surface area contributed by atoms with Gasteiger partial charge in [0.1, 0.15) is 16.9 Å². The van der Waals surface area contributed by atoms with Crippen LogP contribution in [0.5, 0.6) is 11.5 Å². The summed E-state index contributed by atoms with van der Waals surface area (Å²) < 4.78 is 10.5. The smallest absolute Gasteiger partial charge is 0.240 e. The third kappa shape index (κ3) is 4.48.